The number of halogens is 3. The van der Waals surface area contributed by atoms with Gasteiger partial charge in [-0.25, -0.2) is 22.9 Å². The van der Waals surface area contributed by atoms with Crippen molar-refractivity contribution in [3.8, 4) is 34.2 Å². The fraction of sp³-hybridized carbons (Fsp3) is 0.280. The molecule has 0 bridgehead atoms. The Hall–Kier alpha value is -4.35. The topological polar surface area (TPSA) is 113 Å². The second-order valence-electron chi connectivity index (χ2n) is 8.43. The molecule has 3 heterocycles. The van der Waals surface area contributed by atoms with Crippen LogP contribution in [0.5, 0.6) is 11.5 Å². The van der Waals surface area contributed by atoms with Crippen LogP contribution in [0.2, 0.25) is 0 Å². The largest absolute Gasteiger partial charge is 0.507 e. The zero-order valence-electron chi connectivity index (χ0n) is 19.8. The first-order valence-electron chi connectivity index (χ1n) is 11.4. The zero-order valence-corrected chi connectivity index (χ0v) is 19.8. The van der Waals surface area contributed by atoms with Crippen LogP contribution >= 0.6 is 0 Å². The minimum absolute atomic E-state index is 0.00746. The number of aromatic hydroxyl groups is 1. The molecule has 0 saturated carbocycles. The van der Waals surface area contributed by atoms with Gasteiger partial charge in [-0.1, -0.05) is 6.07 Å². The number of aromatic nitrogens is 4. The van der Waals surface area contributed by atoms with E-state index in [0.717, 1.165) is 0 Å². The van der Waals surface area contributed by atoms with Crippen LogP contribution in [-0.2, 0) is 21.7 Å². The summed E-state index contributed by atoms with van der Waals surface area (Å²) >= 11 is 0. The lowest BCUT2D eigenvalue weighted by molar-refractivity contribution is -0.166. The number of carbonyl (C=O) groups is 1. The lowest BCUT2D eigenvalue weighted by Gasteiger charge is -2.34. The maximum Gasteiger partial charge on any atom is 0.358 e. The Bertz CT molecular complexity index is 1480. The minimum atomic E-state index is -1.89. The Morgan fingerprint density at radius 1 is 1.19 bits per heavy atom. The smallest absolute Gasteiger partial charge is 0.358 e. The van der Waals surface area contributed by atoms with Crippen LogP contribution in [0.25, 0.3) is 22.7 Å². The molecule has 1 unspecified atom stereocenters. The van der Waals surface area contributed by atoms with Gasteiger partial charge in [0, 0.05) is 37.6 Å². The predicted molar refractivity (Wildman–Crippen MR) is 122 cm³/mol. The summed E-state index contributed by atoms with van der Waals surface area (Å²) in [5.41, 5.74) is -0.989. The number of phenols is 1. The number of nitrogens with zero attached hydrogens (tertiary/aromatic N) is 4. The van der Waals surface area contributed by atoms with Gasteiger partial charge >= 0.3 is 5.97 Å². The molecule has 12 heteroatoms. The number of carbonyl (C=O) groups excluding carboxylic acids is 1. The molecule has 0 fully saturated rings. The zero-order chi connectivity index (χ0) is 26.3. The Balaban J connectivity index is 1.58. The number of hydrogen-bond donors (Lipinski definition) is 1. The molecule has 0 amide bonds. The highest BCUT2D eigenvalue weighted by Gasteiger charge is 2.51. The van der Waals surface area contributed by atoms with Crippen molar-refractivity contribution in [2.75, 3.05) is 6.61 Å². The number of hydrogen-bond acceptors (Lipinski definition) is 8. The highest BCUT2D eigenvalue weighted by Crippen LogP contribution is 2.40. The molecule has 0 spiro atoms. The van der Waals surface area contributed by atoms with E-state index in [9.17, 15) is 23.1 Å². The van der Waals surface area contributed by atoms with Crippen LogP contribution in [0, 0.1) is 24.4 Å². The second kappa shape index (κ2) is 9.26. The molecule has 1 aliphatic rings. The van der Waals surface area contributed by atoms with E-state index in [1.807, 2.05) is 0 Å². The van der Waals surface area contributed by atoms with Crippen molar-refractivity contribution in [3.05, 3.63) is 65.7 Å². The standard InChI is InChI=1S/C25H21F3N4O5/c1-3-35-24(34)25(37-15-10-17(26)21(28)18(27)11-15)7-4-8-32-22(30-31-23(25)32)14-5-6-16(19(33)9-14)20-12-29-13(2)36-20/h5-6,9-12,33H,3-4,7-8H2,1-2H3. The van der Waals surface area contributed by atoms with Gasteiger partial charge in [0.05, 0.1) is 18.4 Å². The maximum absolute atomic E-state index is 13.9. The second-order valence-corrected chi connectivity index (χ2v) is 8.43. The van der Waals surface area contributed by atoms with Gasteiger partial charge in [-0.05, 0) is 25.5 Å². The van der Waals surface area contributed by atoms with Crippen LogP contribution in [0.3, 0.4) is 0 Å². The number of aryl methyl sites for hydroxylation is 1. The Kier molecular flexibility index (Phi) is 6.10. The average molecular weight is 514 g/mol. The van der Waals surface area contributed by atoms with Gasteiger partial charge in [-0.2, -0.15) is 0 Å². The number of benzene rings is 2. The van der Waals surface area contributed by atoms with Crippen molar-refractivity contribution in [2.45, 2.75) is 38.8 Å². The third-order valence-corrected chi connectivity index (χ3v) is 6.02. The van der Waals surface area contributed by atoms with Crippen LogP contribution in [0.15, 0.2) is 40.9 Å². The average Bonchev–Trinajstić information content (AvgIpc) is 3.49. The van der Waals surface area contributed by atoms with E-state index in [2.05, 4.69) is 15.2 Å². The third kappa shape index (κ3) is 4.17. The summed E-state index contributed by atoms with van der Waals surface area (Å²) in [5, 5.41) is 19.0. The Morgan fingerprint density at radius 2 is 1.95 bits per heavy atom. The van der Waals surface area contributed by atoms with Gasteiger partial charge < -0.3 is 23.6 Å². The molecule has 1 atom stereocenters. The van der Waals surface area contributed by atoms with E-state index in [-0.39, 0.29) is 24.6 Å². The lowest BCUT2D eigenvalue weighted by Crippen LogP contribution is -2.47. The molecule has 1 aliphatic heterocycles. The third-order valence-electron chi connectivity index (χ3n) is 6.02. The number of phenolic OH excluding ortho intramolecular Hbond substituents is 1. The van der Waals surface area contributed by atoms with Crippen LogP contribution in [0.1, 0.15) is 31.5 Å². The molecule has 2 aromatic heterocycles. The van der Waals surface area contributed by atoms with Crippen LogP contribution < -0.4 is 4.74 Å². The van der Waals surface area contributed by atoms with Gasteiger partial charge in [0.15, 0.2) is 40.8 Å². The summed E-state index contributed by atoms with van der Waals surface area (Å²) in [5.74, 6) is -4.73. The number of ether oxygens (including phenoxy) is 2. The summed E-state index contributed by atoms with van der Waals surface area (Å²) in [7, 11) is 0. The Morgan fingerprint density at radius 3 is 2.59 bits per heavy atom. The highest BCUT2D eigenvalue weighted by atomic mass is 19.2. The number of esters is 1. The fourth-order valence-corrected chi connectivity index (χ4v) is 4.36. The van der Waals surface area contributed by atoms with Crippen molar-refractivity contribution in [2.24, 2.45) is 0 Å². The van der Waals surface area contributed by atoms with E-state index < -0.39 is 34.8 Å². The first kappa shape index (κ1) is 24.3. The van der Waals surface area contributed by atoms with E-state index in [0.29, 0.717) is 53.7 Å². The molecule has 1 N–H and O–H groups in total. The van der Waals surface area contributed by atoms with Crippen molar-refractivity contribution in [3.63, 3.8) is 0 Å². The lowest BCUT2D eigenvalue weighted by atomic mass is 9.92. The Labute approximate surface area is 208 Å². The molecule has 0 radical (unpaired) electrons. The summed E-state index contributed by atoms with van der Waals surface area (Å²) in [6.45, 7) is 3.68. The van der Waals surface area contributed by atoms with Gasteiger partial charge in [-0.15, -0.1) is 10.2 Å². The quantitative estimate of drug-likeness (QED) is 0.292. The molecule has 2 aromatic carbocycles. The van der Waals surface area contributed by atoms with Crippen molar-refractivity contribution < 1.29 is 37.0 Å². The summed E-state index contributed by atoms with van der Waals surface area (Å²) in [6, 6.07) is 6.09. The predicted octanol–water partition coefficient (Wildman–Crippen LogP) is 4.66. The summed E-state index contributed by atoms with van der Waals surface area (Å²) in [4.78, 5) is 17.2. The minimum Gasteiger partial charge on any atom is -0.507 e. The van der Waals surface area contributed by atoms with E-state index in [1.54, 1.807) is 30.5 Å². The normalized spacial score (nSPS) is 16.9. The van der Waals surface area contributed by atoms with Crippen molar-refractivity contribution >= 4 is 5.97 Å². The van der Waals surface area contributed by atoms with Crippen molar-refractivity contribution in [1.29, 1.82) is 0 Å². The fourth-order valence-electron chi connectivity index (χ4n) is 4.36. The summed E-state index contributed by atoms with van der Waals surface area (Å²) in [6.07, 6.45) is 1.96. The summed E-state index contributed by atoms with van der Waals surface area (Å²) < 4.78 is 59.5. The van der Waals surface area contributed by atoms with E-state index in [4.69, 9.17) is 13.9 Å². The number of rotatable bonds is 6. The first-order chi connectivity index (χ1) is 17.7. The molecular weight excluding hydrogens is 493 g/mol. The number of fused-ring (bicyclic) bond motifs is 1. The molecule has 4 aromatic rings. The molecule has 9 nitrogen and oxygen atoms in total. The SMILES string of the molecule is CCOC(=O)C1(Oc2cc(F)c(F)c(F)c2)CCCn2c(-c3ccc(-c4cnc(C)o4)c(O)c3)nnc21. The molecule has 37 heavy (non-hydrogen) atoms. The van der Waals surface area contributed by atoms with Gasteiger partial charge in [0.25, 0.3) is 5.60 Å². The molecule has 0 saturated heterocycles. The van der Waals surface area contributed by atoms with E-state index in [1.165, 1.54) is 12.3 Å². The maximum atomic E-state index is 13.9. The van der Waals surface area contributed by atoms with Crippen molar-refractivity contribution in [1.82, 2.24) is 19.7 Å². The van der Waals surface area contributed by atoms with Gasteiger partial charge in [0.2, 0.25) is 0 Å². The van der Waals surface area contributed by atoms with Gasteiger partial charge in [0.1, 0.15) is 11.5 Å². The van der Waals surface area contributed by atoms with Crippen LogP contribution in [-0.4, -0.2) is 37.4 Å². The monoisotopic (exact) mass is 514 g/mol. The molecule has 5 rings (SSSR count). The highest BCUT2D eigenvalue weighted by molar-refractivity contribution is 5.81. The van der Waals surface area contributed by atoms with E-state index >= 15 is 0 Å². The molecular formula is C25H21F3N4O5. The number of oxazole rings is 1. The first-order valence-corrected chi connectivity index (χ1v) is 11.4. The van der Waals surface area contributed by atoms with Gasteiger partial charge in [-0.3, -0.25) is 0 Å². The molecule has 0 aliphatic carbocycles. The van der Waals surface area contributed by atoms with Crippen LogP contribution in [0.4, 0.5) is 13.2 Å². The molecule has 192 valence electrons.